The van der Waals surface area contributed by atoms with Crippen molar-refractivity contribution in [2.45, 2.75) is 18.3 Å². The van der Waals surface area contributed by atoms with Crippen LogP contribution >= 0.6 is 11.6 Å². The number of hydrogen-bond acceptors (Lipinski definition) is 3. The van der Waals surface area contributed by atoms with Gasteiger partial charge in [0, 0.05) is 12.0 Å². The lowest BCUT2D eigenvalue weighted by Crippen LogP contribution is -2.32. The van der Waals surface area contributed by atoms with Crippen molar-refractivity contribution in [3.63, 3.8) is 0 Å². The summed E-state index contributed by atoms with van der Waals surface area (Å²) < 4.78 is 10.7. The molecule has 0 aromatic heterocycles. The lowest BCUT2D eigenvalue weighted by atomic mass is 9.95. The second-order valence-corrected chi connectivity index (χ2v) is 6.42. The SMILES string of the molecule is COc1ccc(C2(CNC(=O)c3ccccc3Cl)CC2)cc1OC. The molecule has 126 valence electrons. The second-order valence-electron chi connectivity index (χ2n) is 6.01. The molecule has 2 aromatic rings. The fraction of sp³-hybridized carbons (Fsp3) is 0.316. The summed E-state index contributed by atoms with van der Waals surface area (Å²) in [4.78, 5) is 12.4. The fourth-order valence-electron chi connectivity index (χ4n) is 2.87. The van der Waals surface area contributed by atoms with Gasteiger partial charge in [0.2, 0.25) is 0 Å². The number of benzene rings is 2. The number of rotatable bonds is 6. The third-order valence-corrected chi connectivity index (χ3v) is 4.88. The Labute approximate surface area is 146 Å². The number of carbonyl (C=O) groups is 1. The van der Waals surface area contributed by atoms with E-state index >= 15 is 0 Å². The highest BCUT2D eigenvalue weighted by Gasteiger charge is 2.44. The molecule has 0 atom stereocenters. The molecule has 1 saturated carbocycles. The minimum atomic E-state index is -0.146. The standard InChI is InChI=1S/C19H20ClNO3/c1-23-16-8-7-13(11-17(16)24-2)19(9-10-19)12-21-18(22)14-5-3-4-6-15(14)20/h3-8,11H,9-10,12H2,1-2H3,(H,21,22). The van der Waals surface area contributed by atoms with Crippen LogP contribution in [-0.2, 0) is 5.41 Å². The summed E-state index contributed by atoms with van der Waals surface area (Å²) >= 11 is 6.08. The highest BCUT2D eigenvalue weighted by atomic mass is 35.5. The zero-order chi connectivity index (χ0) is 17.2. The molecule has 1 fully saturated rings. The Balaban J connectivity index is 1.73. The number of hydrogen-bond donors (Lipinski definition) is 1. The van der Waals surface area contributed by atoms with Crippen molar-refractivity contribution in [3.05, 3.63) is 58.6 Å². The molecule has 1 aliphatic carbocycles. The van der Waals surface area contributed by atoms with Crippen molar-refractivity contribution in [2.24, 2.45) is 0 Å². The maximum absolute atomic E-state index is 12.4. The summed E-state index contributed by atoms with van der Waals surface area (Å²) in [6, 6.07) is 13.0. The maximum Gasteiger partial charge on any atom is 0.252 e. The molecular formula is C19H20ClNO3. The minimum absolute atomic E-state index is 0.0313. The lowest BCUT2D eigenvalue weighted by Gasteiger charge is -2.19. The largest absolute Gasteiger partial charge is 0.493 e. The molecule has 0 saturated heterocycles. The van der Waals surface area contributed by atoms with Crippen LogP contribution in [0.1, 0.15) is 28.8 Å². The third-order valence-electron chi connectivity index (χ3n) is 4.56. The molecule has 1 amide bonds. The van der Waals surface area contributed by atoms with Crippen molar-refractivity contribution in [1.29, 1.82) is 0 Å². The predicted octanol–water partition coefficient (Wildman–Crippen LogP) is 3.82. The van der Waals surface area contributed by atoms with Crippen LogP contribution in [-0.4, -0.2) is 26.7 Å². The van der Waals surface area contributed by atoms with Gasteiger partial charge in [-0.05, 0) is 42.7 Å². The molecule has 5 heteroatoms. The number of halogens is 1. The molecule has 0 bridgehead atoms. The average molecular weight is 346 g/mol. The molecule has 1 aliphatic rings. The quantitative estimate of drug-likeness (QED) is 0.865. The third kappa shape index (κ3) is 3.20. The molecule has 0 radical (unpaired) electrons. The number of methoxy groups -OCH3 is 2. The van der Waals surface area contributed by atoms with Crippen LogP contribution in [0.5, 0.6) is 11.5 Å². The van der Waals surface area contributed by atoms with Crippen LogP contribution in [0, 0.1) is 0 Å². The second kappa shape index (κ2) is 6.73. The van der Waals surface area contributed by atoms with Gasteiger partial charge in [-0.25, -0.2) is 0 Å². The molecular weight excluding hydrogens is 326 g/mol. The van der Waals surface area contributed by atoms with E-state index in [-0.39, 0.29) is 11.3 Å². The monoisotopic (exact) mass is 345 g/mol. The lowest BCUT2D eigenvalue weighted by molar-refractivity contribution is 0.0950. The van der Waals surface area contributed by atoms with E-state index in [2.05, 4.69) is 5.32 Å². The van der Waals surface area contributed by atoms with Crippen LogP contribution in [0.15, 0.2) is 42.5 Å². The van der Waals surface area contributed by atoms with Gasteiger partial charge in [0.05, 0.1) is 24.8 Å². The first-order valence-electron chi connectivity index (χ1n) is 7.85. The number of nitrogens with one attached hydrogen (secondary N) is 1. The molecule has 3 rings (SSSR count). The van der Waals surface area contributed by atoms with Gasteiger partial charge >= 0.3 is 0 Å². The van der Waals surface area contributed by atoms with E-state index in [0.29, 0.717) is 28.6 Å². The normalized spacial score (nSPS) is 14.8. The van der Waals surface area contributed by atoms with Gasteiger partial charge in [-0.2, -0.15) is 0 Å². The van der Waals surface area contributed by atoms with Crippen molar-refractivity contribution < 1.29 is 14.3 Å². The van der Waals surface area contributed by atoms with Crippen LogP contribution in [0.2, 0.25) is 5.02 Å². The smallest absolute Gasteiger partial charge is 0.252 e. The Bertz CT molecular complexity index is 756. The Hall–Kier alpha value is -2.20. The molecule has 24 heavy (non-hydrogen) atoms. The Morgan fingerprint density at radius 3 is 2.46 bits per heavy atom. The number of amides is 1. The van der Waals surface area contributed by atoms with Gasteiger partial charge in [0.15, 0.2) is 11.5 Å². The maximum atomic E-state index is 12.4. The number of carbonyl (C=O) groups excluding carboxylic acids is 1. The first-order valence-corrected chi connectivity index (χ1v) is 8.23. The van der Waals surface area contributed by atoms with E-state index in [0.717, 1.165) is 18.4 Å². The number of ether oxygens (including phenoxy) is 2. The summed E-state index contributed by atoms with van der Waals surface area (Å²) in [6.07, 6.45) is 2.07. The van der Waals surface area contributed by atoms with Gasteiger partial charge in [-0.1, -0.05) is 29.8 Å². The van der Waals surface area contributed by atoms with E-state index < -0.39 is 0 Å². The summed E-state index contributed by atoms with van der Waals surface area (Å²) in [5, 5.41) is 3.48. The highest BCUT2D eigenvalue weighted by molar-refractivity contribution is 6.33. The summed E-state index contributed by atoms with van der Waals surface area (Å²) in [5.74, 6) is 1.27. The van der Waals surface area contributed by atoms with Crippen LogP contribution < -0.4 is 14.8 Å². The van der Waals surface area contributed by atoms with Crippen LogP contribution in [0.25, 0.3) is 0 Å². The van der Waals surface area contributed by atoms with Crippen molar-refractivity contribution >= 4 is 17.5 Å². The van der Waals surface area contributed by atoms with Gasteiger partial charge in [-0.3, -0.25) is 4.79 Å². The first-order chi connectivity index (χ1) is 11.6. The zero-order valence-corrected chi connectivity index (χ0v) is 14.5. The Kier molecular flexibility index (Phi) is 4.67. The molecule has 0 heterocycles. The van der Waals surface area contributed by atoms with Crippen LogP contribution in [0.3, 0.4) is 0 Å². The van der Waals surface area contributed by atoms with Gasteiger partial charge in [0.25, 0.3) is 5.91 Å². The molecule has 0 unspecified atom stereocenters. The van der Waals surface area contributed by atoms with Crippen molar-refractivity contribution in [1.82, 2.24) is 5.32 Å². The summed E-state index contributed by atoms with van der Waals surface area (Å²) in [7, 11) is 3.24. The highest BCUT2D eigenvalue weighted by Crippen LogP contribution is 2.49. The molecule has 4 nitrogen and oxygen atoms in total. The van der Waals surface area contributed by atoms with E-state index in [1.165, 1.54) is 0 Å². The summed E-state index contributed by atoms with van der Waals surface area (Å²) in [5.41, 5.74) is 1.62. The topological polar surface area (TPSA) is 47.6 Å². The Morgan fingerprint density at radius 2 is 1.83 bits per heavy atom. The summed E-state index contributed by atoms with van der Waals surface area (Å²) in [6.45, 7) is 0.576. The fourth-order valence-corrected chi connectivity index (χ4v) is 3.10. The van der Waals surface area contributed by atoms with E-state index in [1.807, 2.05) is 30.3 Å². The van der Waals surface area contributed by atoms with E-state index in [1.54, 1.807) is 26.4 Å². The van der Waals surface area contributed by atoms with Gasteiger partial charge < -0.3 is 14.8 Å². The van der Waals surface area contributed by atoms with Gasteiger partial charge in [-0.15, -0.1) is 0 Å². The average Bonchev–Trinajstić information content (AvgIpc) is 3.40. The molecule has 0 aliphatic heterocycles. The van der Waals surface area contributed by atoms with E-state index in [4.69, 9.17) is 21.1 Å². The Morgan fingerprint density at radius 1 is 1.12 bits per heavy atom. The first kappa shape index (κ1) is 16.7. The van der Waals surface area contributed by atoms with Gasteiger partial charge in [0.1, 0.15) is 0 Å². The zero-order valence-electron chi connectivity index (χ0n) is 13.8. The van der Waals surface area contributed by atoms with Crippen LogP contribution in [0.4, 0.5) is 0 Å². The molecule has 2 aromatic carbocycles. The predicted molar refractivity (Wildman–Crippen MR) is 94.2 cm³/mol. The van der Waals surface area contributed by atoms with E-state index in [9.17, 15) is 4.79 Å². The van der Waals surface area contributed by atoms with Crippen molar-refractivity contribution in [3.8, 4) is 11.5 Å². The molecule has 0 spiro atoms. The van der Waals surface area contributed by atoms with Crippen molar-refractivity contribution in [2.75, 3.05) is 20.8 Å². The molecule has 1 N–H and O–H groups in total. The minimum Gasteiger partial charge on any atom is -0.493 e.